The normalized spacial score (nSPS) is 10.9. The molecule has 2 N–H and O–H groups in total. The number of anilines is 2. The number of H-pyrrole nitrogens is 1. The number of aromatic nitrogens is 2. The van der Waals surface area contributed by atoms with Crippen molar-refractivity contribution in [3.05, 3.63) is 51.9 Å². The lowest BCUT2D eigenvalue weighted by Crippen LogP contribution is -2.12. The molecule has 0 saturated heterocycles. The highest BCUT2D eigenvalue weighted by molar-refractivity contribution is 5.80. The highest BCUT2D eigenvalue weighted by Crippen LogP contribution is 2.11. The van der Waals surface area contributed by atoms with Gasteiger partial charge in [-0.15, -0.1) is 0 Å². The molecule has 0 aliphatic heterocycles. The summed E-state index contributed by atoms with van der Waals surface area (Å²) in [4.78, 5) is 20.5. The van der Waals surface area contributed by atoms with Gasteiger partial charge in [0.15, 0.2) is 0 Å². The van der Waals surface area contributed by atoms with Crippen molar-refractivity contribution in [3.8, 4) is 0 Å². The zero-order valence-corrected chi connectivity index (χ0v) is 13.1. The lowest BCUT2D eigenvalue weighted by Gasteiger charge is -2.11. The molecule has 0 bridgehead atoms. The predicted octanol–water partition coefficient (Wildman–Crippen LogP) is 2.23. The SMILES string of the molecule is CCCc1cc(=O)[nH]c(N/N=C/c2ccc(N(C)C)cc2)n1. The van der Waals surface area contributed by atoms with E-state index in [1.807, 2.05) is 50.2 Å². The quantitative estimate of drug-likeness (QED) is 0.634. The molecule has 1 heterocycles. The number of nitrogens with one attached hydrogen (secondary N) is 2. The Morgan fingerprint density at radius 1 is 1.32 bits per heavy atom. The van der Waals surface area contributed by atoms with E-state index in [1.165, 1.54) is 6.07 Å². The minimum Gasteiger partial charge on any atom is -0.378 e. The van der Waals surface area contributed by atoms with Crippen LogP contribution in [0.1, 0.15) is 24.6 Å². The number of hydrazone groups is 1. The third-order valence-electron chi connectivity index (χ3n) is 3.09. The van der Waals surface area contributed by atoms with Crippen molar-refractivity contribution < 1.29 is 0 Å². The summed E-state index contributed by atoms with van der Waals surface area (Å²) in [5.41, 5.74) is 5.44. The van der Waals surface area contributed by atoms with E-state index in [0.29, 0.717) is 5.95 Å². The first-order valence-electron chi connectivity index (χ1n) is 7.25. The summed E-state index contributed by atoms with van der Waals surface area (Å²) in [6, 6.07) is 9.50. The monoisotopic (exact) mass is 299 g/mol. The molecule has 0 fully saturated rings. The van der Waals surface area contributed by atoms with Crippen LogP contribution in [-0.4, -0.2) is 30.3 Å². The lowest BCUT2D eigenvalue weighted by atomic mass is 10.2. The summed E-state index contributed by atoms with van der Waals surface area (Å²) >= 11 is 0. The lowest BCUT2D eigenvalue weighted by molar-refractivity contribution is 0.867. The summed E-state index contributed by atoms with van der Waals surface area (Å²) in [5, 5.41) is 4.11. The molecular formula is C16H21N5O. The van der Waals surface area contributed by atoms with Crippen molar-refractivity contribution in [2.75, 3.05) is 24.4 Å². The number of aromatic amines is 1. The molecule has 1 aromatic carbocycles. The molecule has 0 spiro atoms. The van der Waals surface area contributed by atoms with Crippen LogP contribution in [0, 0.1) is 0 Å². The molecule has 0 aliphatic rings. The Hall–Kier alpha value is -2.63. The van der Waals surface area contributed by atoms with Crippen LogP contribution < -0.4 is 15.9 Å². The predicted molar refractivity (Wildman–Crippen MR) is 90.8 cm³/mol. The summed E-state index contributed by atoms with van der Waals surface area (Å²) < 4.78 is 0. The van der Waals surface area contributed by atoms with Crippen LogP contribution in [0.3, 0.4) is 0 Å². The highest BCUT2D eigenvalue weighted by atomic mass is 16.1. The van der Waals surface area contributed by atoms with E-state index in [4.69, 9.17) is 0 Å². The van der Waals surface area contributed by atoms with Crippen LogP contribution in [0.25, 0.3) is 0 Å². The van der Waals surface area contributed by atoms with E-state index in [1.54, 1.807) is 6.21 Å². The van der Waals surface area contributed by atoms with Gasteiger partial charge in [-0.05, 0) is 24.1 Å². The van der Waals surface area contributed by atoms with Crippen molar-refractivity contribution in [1.82, 2.24) is 9.97 Å². The van der Waals surface area contributed by atoms with Crippen molar-refractivity contribution in [2.24, 2.45) is 5.10 Å². The fourth-order valence-corrected chi connectivity index (χ4v) is 1.97. The smallest absolute Gasteiger partial charge is 0.252 e. The first kappa shape index (κ1) is 15.8. The van der Waals surface area contributed by atoms with Crippen LogP contribution in [0.4, 0.5) is 11.6 Å². The van der Waals surface area contributed by atoms with Gasteiger partial charge in [0.25, 0.3) is 5.56 Å². The number of benzene rings is 1. The molecule has 6 heteroatoms. The van der Waals surface area contributed by atoms with E-state index in [2.05, 4.69) is 20.5 Å². The van der Waals surface area contributed by atoms with Gasteiger partial charge in [-0.3, -0.25) is 9.78 Å². The topological polar surface area (TPSA) is 73.4 Å². The van der Waals surface area contributed by atoms with Crippen molar-refractivity contribution in [3.63, 3.8) is 0 Å². The van der Waals surface area contributed by atoms with Gasteiger partial charge in [0.05, 0.1) is 6.21 Å². The van der Waals surface area contributed by atoms with Crippen molar-refractivity contribution >= 4 is 17.9 Å². The van der Waals surface area contributed by atoms with E-state index >= 15 is 0 Å². The van der Waals surface area contributed by atoms with Crippen LogP contribution >= 0.6 is 0 Å². The summed E-state index contributed by atoms with van der Waals surface area (Å²) in [6.07, 6.45) is 3.40. The molecule has 0 saturated carbocycles. The molecule has 0 radical (unpaired) electrons. The zero-order chi connectivity index (χ0) is 15.9. The molecule has 0 amide bonds. The average Bonchev–Trinajstić information content (AvgIpc) is 2.47. The molecular weight excluding hydrogens is 278 g/mol. The van der Waals surface area contributed by atoms with Gasteiger partial charge in [0.1, 0.15) is 0 Å². The van der Waals surface area contributed by atoms with Gasteiger partial charge in [0, 0.05) is 31.5 Å². The molecule has 2 aromatic rings. The second-order valence-electron chi connectivity index (χ2n) is 5.19. The molecule has 22 heavy (non-hydrogen) atoms. The van der Waals surface area contributed by atoms with E-state index < -0.39 is 0 Å². The van der Waals surface area contributed by atoms with Gasteiger partial charge >= 0.3 is 0 Å². The first-order chi connectivity index (χ1) is 10.6. The van der Waals surface area contributed by atoms with Crippen molar-refractivity contribution in [1.29, 1.82) is 0 Å². The van der Waals surface area contributed by atoms with E-state index in [9.17, 15) is 4.79 Å². The molecule has 0 atom stereocenters. The van der Waals surface area contributed by atoms with Crippen LogP contribution in [0.15, 0.2) is 40.2 Å². The number of rotatable bonds is 6. The van der Waals surface area contributed by atoms with Gasteiger partial charge in [-0.25, -0.2) is 10.4 Å². The van der Waals surface area contributed by atoms with Crippen molar-refractivity contribution in [2.45, 2.75) is 19.8 Å². The third-order valence-corrected chi connectivity index (χ3v) is 3.09. The largest absolute Gasteiger partial charge is 0.378 e. The molecule has 0 aliphatic carbocycles. The number of hydrogen-bond acceptors (Lipinski definition) is 5. The van der Waals surface area contributed by atoms with E-state index in [-0.39, 0.29) is 5.56 Å². The highest BCUT2D eigenvalue weighted by Gasteiger charge is 1.99. The molecule has 2 rings (SSSR count). The Morgan fingerprint density at radius 3 is 2.68 bits per heavy atom. The Labute approximate surface area is 129 Å². The fourth-order valence-electron chi connectivity index (χ4n) is 1.97. The second-order valence-corrected chi connectivity index (χ2v) is 5.19. The van der Waals surface area contributed by atoms with Gasteiger partial charge in [0.2, 0.25) is 5.95 Å². The van der Waals surface area contributed by atoms with Gasteiger partial charge < -0.3 is 4.90 Å². The fraction of sp³-hybridized carbons (Fsp3) is 0.312. The number of hydrogen-bond donors (Lipinski definition) is 2. The maximum absolute atomic E-state index is 11.5. The van der Waals surface area contributed by atoms with Gasteiger partial charge in [-0.1, -0.05) is 25.5 Å². The van der Waals surface area contributed by atoms with Crippen LogP contribution in [0.2, 0.25) is 0 Å². The Balaban J connectivity index is 2.04. The molecule has 0 unspecified atom stereocenters. The Morgan fingerprint density at radius 2 is 2.05 bits per heavy atom. The molecule has 6 nitrogen and oxygen atoms in total. The van der Waals surface area contributed by atoms with E-state index in [0.717, 1.165) is 29.8 Å². The minimum absolute atomic E-state index is 0.175. The molecule has 1 aromatic heterocycles. The summed E-state index contributed by atoms with van der Waals surface area (Å²) in [7, 11) is 3.99. The Kier molecular flexibility index (Phi) is 5.30. The number of nitrogens with zero attached hydrogens (tertiary/aromatic N) is 3. The first-order valence-corrected chi connectivity index (χ1v) is 7.25. The van der Waals surface area contributed by atoms with Gasteiger partial charge in [-0.2, -0.15) is 5.10 Å². The summed E-state index contributed by atoms with van der Waals surface area (Å²) in [5.74, 6) is 0.358. The zero-order valence-electron chi connectivity index (χ0n) is 13.1. The Bertz CT molecular complexity index is 688. The standard InChI is InChI=1S/C16H21N5O/c1-4-5-13-10-15(22)19-16(18-13)20-17-11-12-6-8-14(9-7-12)21(2)3/h6-11H,4-5H2,1-3H3,(H2,18,19,20,22)/b17-11+. The third kappa shape index (κ3) is 4.44. The molecule has 116 valence electrons. The summed E-state index contributed by atoms with van der Waals surface area (Å²) in [6.45, 7) is 2.05. The minimum atomic E-state index is -0.175. The number of aryl methyl sites for hydroxylation is 1. The maximum Gasteiger partial charge on any atom is 0.252 e. The van der Waals surface area contributed by atoms with Crippen LogP contribution in [0.5, 0.6) is 0 Å². The average molecular weight is 299 g/mol. The maximum atomic E-state index is 11.5. The second kappa shape index (κ2) is 7.40. The van der Waals surface area contributed by atoms with Crippen LogP contribution in [-0.2, 0) is 6.42 Å².